The van der Waals surface area contributed by atoms with Crippen molar-refractivity contribution in [2.45, 2.75) is 6.92 Å². The molecule has 2 aromatic heterocycles. The normalized spacial score (nSPS) is 10.8. The van der Waals surface area contributed by atoms with Gasteiger partial charge in [-0.2, -0.15) is 9.36 Å². The molecule has 0 unspecified atom stereocenters. The number of anilines is 1. The molecule has 3 aromatic rings. The molecule has 0 saturated heterocycles. The number of hydrogen-bond donors (Lipinski definition) is 3. The third-order valence-corrected chi connectivity index (χ3v) is 3.53. The van der Waals surface area contributed by atoms with Gasteiger partial charge in [-0.25, -0.2) is 0 Å². The molecule has 1 aromatic carbocycles. The molecule has 2 heterocycles. The Morgan fingerprint density at radius 1 is 1.25 bits per heavy atom. The van der Waals surface area contributed by atoms with Gasteiger partial charge in [-0.1, -0.05) is 5.16 Å². The van der Waals surface area contributed by atoms with Gasteiger partial charge in [0.1, 0.15) is 5.00 Å². The molecule has 0 amide bonds. The van der Waals surface area contributed by atoms with Gasteiger partial charge < -0.3 is 20.5 Å². The van der Waals surface area contributed by atoms with Crippen molar-refractivity contribution in [1.29, 1.82) is 0 Å². The van der Waals surface area contributed by atoms with Gasteiger partial charge >= 0.3 is 0 Å². The molecule has 0 fully saturated rings. The van der Waals surface area contributed by atoms with Crippen molar-refractivity contribution >= 4 is 16.5 Å². The van der Waals surface area contributed by atoms with Gasteiger partial charge in [-0.15, -0.1) is 0 Å². The van der Waals surface area contributed by atoms with Gasteiger partial charge in [0.15, 0.2) is 11.5 Å². The van der Waals surface area contributed by atoms with E-state index in [-0.39, 0.29) is 17.4 Å². The molecular weight excluding hydrogens is 280 g/mol. The minimum Gasteiger partial charge on any atom is -0.504 e. The summed E-state index contributed by atoms with van der Waals surface area (Å²) in [5, 5.41) is 23.1. The Bertz CT molecular complexity index is 761. The van der Waals surface area contributed by atoms with Gasteiger partial charge in [-0.05, 0) is 36.7 Å². The quantitative estimate of drug-likeness (QED) is 0.619. The molecule has 7 nitrogen and oxygen atoms in total. The summed E-state index contributed by atoms with van der Waals surface area (Å²) in [5.74, 6) is 0.109. The Hall–Kier alpha value is -2.61. The third-order valence-electron chi connectivity index (χ3n) is 2.76. The third kappa shape index (κ3) is 1.95. The fraction of sp³-hybridized carbons (Fsp3) is 0.0833. The Balaban J connectivity index is 2.04. The number of aromatic hydroxyl groups is 2. The number of nitrogens with two attached hydrogens (primary N) is 1. The van der Waals surface area contributed by atoms with Gasteiger partial charge in [0.2, 0.25) is 5.82 Å². The fourth-order valence-corrected chi connectivity index (χ4v) is 2.41. The van der Waals surface area contributed by atoms with E-state index in [0.29, 0.717) is 22.0 Å². The Kier molecular flexibility index (Phi) is 2.79. The second-order valence-corrected chi connectivity index (χ2v) is 4.94. The predicted octanol–water partition coefficient (Wildman–Crippen LogP) is 2.16. The minimum atomic E-state index is -0.248. The number of aryl methyl sites for hydroxylation is 1. The van der Waals surface area contributed by atoms with E-state index in [2.05, 4.69) is 14.5 Å². The van der Waals surface area contributed by atoms with E-state index in [1.807, 2.05) is 0 Å². The number of phenolic OH excluding ortho intramolecular Hbond substituents is 2. The van der Waals surface area contributed by atoms with Crippen LogP contribution >= 0.6 is 11.5 Å². The highest BCUT2D eigenvalue weighted by Gasteiger charge is 2.18. The van der Waals surface area contributed by atoms with Crippen LogP contribution in [0.2, 0.25) is 0 Å². The Morgan fingerprint density at radius 3 is 2.70 bits per heavy atom. The van der Waals surface area contributed by atoms with Crippen LogP contribution in [0.25, 0.3) is 22.8 Å². The molecule has 0 radical (unpaired) electrons. The number of aromatic nitrogens is 3. The van der Waals surface area contributed by atoms with Crippen molar-refractivity contribution in [2.24, 2.45) is 0 Å². The number of rotatable bonds is 2. The van der Waals surface area contributed by atoms with E-state index >= 15 is 0 Å². The maximum atomic E-state index is 9.48. The number of nitrogens with zero attached hydrogens (tertiary/aromatic N) is 3. The Morgan fingerprint density at radius 2 is 2.05 bits per heavy atom. The predicted molar refractivity (Wildman–Crippen MR) is 73.3 cm³/mol. The van der Waals surface area contributed by atoms with E-state index in [0.717, 1.165) is 17.2 Å². The number of benzene rings is 1. The molecule has 102 valence electrons. The fourth-order valence-electron chi connectivity index (χ4n) is 1.75. The second-order valence-electron chi connectivity index (χ2n) is 4.13. The van der Waals surface area contributed by atoms with Crippen LogP contribution in [-0.4, -0.2) is 24.7 Å². The van der Waals surface area contributed by atoms with Crippen LogP contribution in [0.5, 0.6) is 11.5 Å². The lowest BCUT2D eigenvalue weighted by atomic mass is 10.2. The van der Waals surface area contributed by atoms with Crippen LogP contribution in [0, 0.1) is 6.92 Å². The van der Waals surface area contributed by atoms with Gasteiger partial charge in [0.05, 0.1) is 11.3 Å². The van der Waals surface area contributed by atoms with Crippen LogP contribution in [0.15, 0.2) is 22.7 Å². The summed E-state index contributed by atoms with van der Waals surface area (Å²) in [7, 11) is 0. The zero-order chi connectivity index (χ0) is 14.3. The van der Waals surface area contributed by atoms with Gasteiger partial charge in [0.25, 0.3) is 5.89 Å². The Labute approximate surface area is 117 Å². The number of phenols is 2. The summed E-state index contributed by atoms with van der Waals surface area (Å²) in [6, 6.07) is 4.28. The molecule has 0 saturated carbocycles. The first-order chi connectivity index (χ1) is 9.56. The van der Waals surface area contributed by atoms with Crippen LogP contribution in [0.3, 0.4) is 0 Å². The zero-order valence-corrected chi connectivity index (χ0v) is 11.2. The van der Waals surface area contributed by atoms with Crippen LogP contribution in [-0.2, 0) is 0 Å². The van der Waals surface area contributed by atoms with E-state index in [1.54, 1.807) is 13.0 Å². The first-order valence-corrected chi connectivity index (χ1v) is 6.42. The van der Waals surface area contributed by atoms with E-state index < -0.39 is 0 Å². The summed E-state index contributed by atoms with van der Waals surface area (Å²) < 4.78 is 9.29. The van der Waals surface area contributed by atoms with E-state index in [1.165, 1.54) is 12.1 Å². The molecule has 0 aliphatic heterocycles. The van der Waals surface area contributed by atoms with Crippen molar-refractivity contribution < 1.29 is 14.7 Å². The molecule has 20 heavy (non-hydrogen) atoms. The van der Waals surface area contributed by atoms with Crippen molar-refractivity contribution in [2.75, 3.05) is 5.73 Å². The maximum Gasteiger partial charge on any atom is 0.263 e. The molecular formula is C12H10N4O3S. The molecule has 8 heteroatoms. The summed E-state index contributed by atoms with van der Waals surface area (Å²) in [5.41, 5.74) is 7.68. The van der Waals surface area contributed by atoms with Crippen LogP contribution in [0.4, 0.5) is 5.00 Å². The molecule has 0 bridgehead atoms. The van der Waals surface area contributed by atoms with E-state index in [9.17, 15) is 10.2 Å². The molecule has 0 aliphatic carbocycles. The lowest BCUT2D eigenvalue weighted by molar-refractivity contribution is 0.404. The molecule has 0 spiro atoms. The highest BCUT2D eigenvalue weighted by molar-refractivity contribution is 7.10. The lowest BCUT2D eigenvalue weighted by Crippen LogP contribution is -1.86. The zero-order valence-electron chi connectivity index (χ0n) is 10.4. The highest BCUT2D eigenvalue weighted by Crippen LogP contribution is 2.33. The summed E-state index contributed by atoms with van der Waals surface area (Å²) >= 11 is 1.16. The first kappa shape index (κ1) is 12.4. The molecule has 0 atom stereocenters. The van der Waals surface area contributed by atoms with Crippen molar-refractivity contribution in [3.05, 3.63) is 23.9 Å². The molecule has 0 aliphatic rings. The molecule has 4 N–H and O–H groups in total. The summed E-state index contributed by atoms with van der Waals surface area (Å²) in [4.78, 5) is 4.23. The summed E-state index contributed by atoms with van der Waals surface area (Å²) in [6.45, 7) is 1.80. The van der Waals surface area contributed by atoms with Crippen molar-refractivity contribution in [3.8, 4) is 34.3 Å². The topological polar surface area (TPSA) is 118 Å². The van der Waals surface area contributed by atoms with Gasteiger partial charge in [-0.3, -0.25) is 0 Å². The first-order valence-electron chi connectivity index (χ1n) is 5.64. The monoisotopic (exact) mass is 290 g/mol. The standard InChI is InChI=1S/C12H10N4O3S/c1-5-9(10(13)20-16-5)12-14-11(15-19-12)6-2-3-7(17)8(18)4-6/h2-4,17-18H,13H2,1H3. The largest absolute Gasteiger partial charge is 0.504 e. The molecule has 3 rings (SSSR count). The number of hydrogen-bond acceptors (Lipinski definition) is 8. The minimum absolute atomic E-state index is 0.209. The van der Waals surface area contributed by atoms with Crippen molar-refractivity contribution in [1.82, 2.24) is 14.5 Å². The van der Waals surface area contributed by atoms with Crippen LogP contribution in [0.1, 0.15) is 5.69 Å². The second kappa shape index (κ2) is 4.49. The average molecular weight is 290 g/mol. The number of nitrogen functional groups attached to an aromatic ring is 1. The SMILES string of the molecule is Cc1nsc(N)c1-c1nc(-c2ccc(O)c(O)c2)no1. The van der Waals surface area contributed by atoms with Crippen LogP contribution < -0.4 is 5.73 Å². The maximum absolute atomic E-state index is 9.48. The smallest absolute Gasteiger partial charge is 0.263 e. The highest BCUT2D eigenvalue weighted by atomic mass is 32.1. The van der Waals surface area contributed by atoms with Crippen molar-refractivity contribution in [3.63, 3.8) is 0 Å². The lowest BCUT2D eigenvalue weighted by Gasteiger charge is -1.98. The average Bonchev–Trinajstić information content (AvgIpc) is 3.00. The van der Waals surface area contributed by atoms with E-state index in [4.69, 9.17) is 10.3 Å². The summed E-state index contributed by atoms with van der Waals surface area (Å²) in [6.07, 6.45) is 0. The van der Waals surface area contributed by atoms with Gasteiger partial charge in [0, 0.05) is 5.56 Å².